The van der Waals surface area contributed by atoms with E-state index in [-0.39, 0.29) is 6.10 Å². The molecule has 1 atom stereocenters. The molecule has 1 aliphatic rings. The maximum Gasteiger partial charge on any atom is 0.193 e. The smallest absolute Gasteiger partial charge is 0.193 e. The van der Waals surface area contributed by atoms with Crippen molar-refractivity contribution in [1.82, 2.24) is 0 Å². The molecule has 0 radical (unpaired) electrons. The van der Waals surface area contributed by atoms with Crippen LogP contribution in [0.2, 0.25) is 0 Å². The van der Waals surface area contributed by atoms with Gasteiger partial charge in [0.15, 0.2) is 5.96 Å². The van der Waals surface area contributed by atoms with E-state index in [0.717, 1.165) is 30.7 Å². The predicted molar refractivity (Wildman–Crippen MR) is 75.1 cm³/mol. The first-order valence-electron chi connectivity index (χ1n) is 6.54. The van der Waals surface area contributed by atoms with Crippen LogP contribution >= 0.6 is 0 Å². The van der Waals surface area contributed by atoms with Crippen LogP contribution in [0.25, 0.3) is 0 Å². The number of nitrogens with two attached hydrogens (primary N) is 1. The Kier molecular flexibility index (Phi) is 4.07. The van der Waals surface area contributed by atoms with Crippen LogP contribution in [-0.2, 0) is 0 Å². The van der Waals surface area contributed by atoms with Gasteiger partial charge in [-0.25, -0.2) is 4.99 Å². The minimum atomic E-state index is 0.220. The lowest BCUT2D eigenvalue weighted by Crippen LogP contribution is -2.23. The van der Waals surface area contributed by atoms with Gasteiger partial charge in [-0.15, -0.1) is 0 Å². The lowest BCUT2D eigenvalue weighted by Gasteiger charge is -2.13. The van der Waals surface area contributed by atoms with E-state index in [9.17, 15) is 0 Å². The van der Waals surface area contributed by atoms with E-state index in [1.165, 1.54) is 0 Å². The van der Waals surface area contributed by atoms with E-state index in [1.54, 1.807) is 0 Å². The molecule has 98 valence electrons. The molecular weight excluding hydrogens is 226 g/mol. The van der Waals surface area contributed by atoms with Crippen LogP contribution in [0, 0.1) is 0 Å². The summed E-state index contributed by atoms with van der Waals surface area (Å²) < 4.78 is 5.76. The molecule has 1 aliphatic carbocycles. The molecule has 0 spiro atoms. The van der Waals surface area contributed by atoms with Gasteiger partial charge in [-0.3, -0.25) is 0 Å². The van der Waals surface area contributed by atoms with Crippen LogP contribution in [-0.4, -0.2) is 18.1 Å². The van der Waals surface area contributed by atoms with Gasteiger partial charge >= 0.3 is 0 Å². The SMILES string of the molecule is CCC(C)Oc1cccc(NC(N)=NC2CC2)c1. The fraction of sp³-hybridized carbons (Fsp3) is 0.500. The standard InChI is InChI=1S/C14H21N3O/c1-3-10(2)18-13-6-4-5-12(9-13)17-14(15)16-11-7-8-11/h4-6,9-11H,3,7-8H2,1-2H3,(H3,15,16,17). The van der Waals surface area contributed by atoms with Crippen LogP contribution in [0.4, 0.5) is 5.69 Å². The molecule has 1 aromatic rings. The zero-order valence-electron chi connectivity index (χ0n) is 11.0. The summed E-state index contributed by atoms with van der Waals surface area (Å²) in [6, 6.07) is 8.23. The van der Waals surface area contributed by atoms with Crippen molar-refractivity contribution < 1.29 is 4.74 Å². The molecule has 1 aromatic carbocycles. The molecule has 0 bridgehead atoms. The Morgan fingerprint density at radius 2 is 2.33 bits per heavy atom. The van der Waals surface area contributed by atoms with Gasteiger partial charge in [0.25, 0.3) is 0 Å². The van der Waals surface area contributed by atoms with Crippen LogP contribution in [0.5, 0.6) is 5.75 Å². The Bertz CT molecular complexity index is 427. The van der Waals surface area contributed by atoms with E-state index in [0.29, 0.717) is 12.0 Å². The molecule has 1 fully saturated rings. The van der Waals surface area contributed by atoms with Crippen molar-refractivity contribution in [3.05, 3.63) is 24.3 Å². The third kappa shape index (κ3) is 3.95. The lowest BCUT2D eigenvalue weighted by atomic mass is 10.3. The number of rotatable bonds is 5. The highest BCUT2D eigenvalue weighted by Crippen LogP contribution is 2.24. The average Bonchev–Trinajstić information content (AvgIpc) is 3.13. The van der Waals surface area contributed by atoms with Crippen molar-refractivity contribution in [2.24, 2.45) is 10.7 Å². The summed E-state index contributed by atoms with van der Waals surface area (Å²) >= 11 is 0. The first kappa shape index (κ1) is 12.7. The van der Waals surface area contributed by atoms with Crippen molar-refractivity contribution >= 4 is 11.6 Å². The number of nitrogens with zero attached hydrogens (tertiary/aromatic N) is 1. The van der Waals surface area contributed by atoms with Crippen molar-refractivity contribution in [2.75, 3.05) is 5.32 Å². The molecule has 4 nitrogen and oxygen atoms in total. The van der Waals surface area contributed by atoms with Crippen LogP contribution in [0.1, 0.15) is 33.1 Å². The molecule has 1 unspecified atom stereocenters. The fourth-order valence-corrected chi connectivity index (χ4v) is 1.54. The molecule has 0 amide bonds. The lowest BCUT2D eigenvalue weighted by molar-refractivity contribution is 0.217. The Morgan fingerprint density at radius 1 is 1.56 bits per heavy atom. The number of aliphatic imine (C=N–C) groups is 1. The summed E-state index contributed by atoms with van der Waals surface area (Å²) in [4.78, 5) is 4.33. The van der Waals surface area contributed by atoms with E-state index in [2.05, 4.69) is 24.2 Å². The van der Waals surface area contributed by atoms with E-state index in [4.69, 9.17) is 10.5 Å². The van der Waals surface area contributed by atoms with Gasteiger partial charge in [0, 0.05) is 11.8 Å². The molecule has 0 aromatic heterocycles. The zero-order valence-corrected chi connectivity index (χ0v) is 11.0. The Balaban J connectivity index is 1.97. The summed E-state index contributed by atoms with van der Waals surface area (Å²) in [5.41, 5.74) is 6.74. The number of hydrogen-bond acceptors (Lipinski definition) is 2. The van der Waals surface area contributed by atoms with Crippen LogP contribution in [0.3, 0.4) is 0 Å². The molecular formula is C14H21N3O. The molecule has 18 heavy (non-hydrogen) atoms. The quantitative estimate of drug-likeness (QED) is 0.621. The van der Waals surface area contributed by atoms with Gasteiger partial charge in [-0.1, -0.05) is 13.0 Å². The zero-order chi connectivity index (χ0) is 13.0. The van der Waals surface area contributed by atoms with E-state index >= 15 is 0 Å². The van der Waals surface area contributed by atoms with Gasteiger partial charge in [-0.2, -0.15) is 0 Å². The molecule has 1 saturated carbocycles. The van der Waals surface area contributed by atoms with Crippen LogP contribution in [0.15, 0.2) is 29.3 Å². The second-order valence-corrected chi connectivity index (χ2v) is 4.74. The Hall–Kier alpha value is -1.71. The number of guanidine groups is 1. The van der Waals surface area contributed by atoms with Gasteiger partial charge in [0.2, 0.25) is 0 Å². The van der Waals surface area contributed by atoms with E-state index in [1.807, 2.05) is 24.3 Å². The molecule has 0 saturated heterocycles. The summed E-state index contributed by atoms with van der Waals surface area (Å²) in [7, 11) is 0. The largest absolute Gasteiger partial charge is 0.491 e. The summed E-state index contributed by atoms with van der Waals surface area (Å²) in [5.74, 6) is 1.34. The first-order chi connectivity index (χ1) is 8.67. The average molecular weight is 247 g/mol. The maximum atomic E-state index is 5.82. The van der Waals surface area contributed by atoms with Crippen molar-refractivity contribution in [3.8, 4) is 5.75 Å². The van der Waals surface area contributed by atoms with Crippen molar-refractivity contribution in [3.63, 3.8) is 0 Å². The Morgan fingerprint density at radius 3 is 3.00 bits per heavy atom. The fourth-order valence-electron chi connectivity index (χ4n) is 1.54. The second kappa shape index (κ2) is 5.76. The minimum absolute atomic E-state index is 0.220. The monoisotopic (exact) mass is 247 g/mol. The normalized spacial score (nSPS) is 17.3. The Labute approximate surface area is 108 Å². The molecule has 4 heteroatoms. The van der Waals surface area contributed by atoms with Gasteiger partial charge in [-0.05, 0) is 38.3 Å². The van der Waals surface area contributed by atoms with Crippen LogP contribution < -0.4 is 15.8 Å². The summed E-state index contributed by atoms with van der Waals surface area (Å²) in [5, 5.41) is 3.09. The molecule has 0 heterocycles. The highest BCUT2D eigenvalue weighted by Gasteiger charge is 2.20. The number of benzene rings is 1. The first-order valence-corrected chi connectivity index (χ1v) is 6.54. The van der Waals surface area contributed by atoms with Crippen molar-refractivity contribution in [2.45, 2.75) is 45.3 Å². The van der Waals surface area contributed by atoms with Gasteiger partial charge in [0.1, 0.15) is 5.75 Å². The van der Waals surface area contributed by atoms with E-state index < -0.39 is 0 Å². The number of nitrogens with one attached hydrogen (secondary N) is 1. The number of anilines is 1. The second-order valence-electron chi connectivity index (χ2n) is 4.74. The third-order valence-corrected chi connectivity index (χ3v) is 2.89. The van der Waals surface area contributed by atoms with Crippen molar-refractivity contribution in [1.29, 1.82) is 0 Å². The highest BCUT2D eigenvalue weighted by molar-refractivity contribution is 5.92. The number of hydrogen-bond donors (Lipinski definition) is 2. The van der Waals surface area contributed by atoms with Gasteiger partial charge < -0.3 is 15.8 Å². The highest BCUT2D eigenvalue weighted by atomic mass is 16.5. The summed E-state index contributed by atoms with van der Waals surface area (Å²) in [6.45, 7) is 4.16. The van der Waals surface area contributed by atoms with Gasteiger partial charge in [0.05, 0.1) is 12.1 Å². The minimum Gasteiger partial charge on any atom is -0.491 e. The molecule has 2 rings (SSSR count). The summed E-state index contributed by atoms with van der Waals surface area (Å²) in [6.07, 6.45) is 3.51. The predicted octanol–water partition coefficient (Wildman–Crippen LogP) is 2.75. The topological polar surface area (TPSA) is 59.6 Å². The molecule has 3 N–H and O–H groups in total. The maximum absolute atomic E-state index is 5.82. The molecule has 0 aliphatic heterocycles. The number of ether oxygens (including phenoxy) is 1. The third-order valence-electron chi connectivity index (χ3n) is 2.89.